The number of rotatable bonds is 4. The molecule has 3 rings (SSSR count). The summed E-state index contributed by atoms with van der Waals surface area (Å²) in [5.74, 6) is 0.549. The SMILES string of the molecule is O=C(CCn1ccc2c(Br)cccc21)Nc1ccccn1. The molecule has 0 saturated heterocycles. The van der Waals surface area contributed by atoms with E-state index in [9.17, 15) is 4.79 Å². The maximum atomic E-state index is 11.9. The number of aryl methyl sites for hydroxylation is 1. The first kappa shape index (κ1) is 13.8. The van der Waals surface area contributed by atoms with E-state index in [2.05, 4.69) is 42.9 Å². The van der Waals surface area contributed by atoms with Crippen LogP contribution in [0, 0.1) is 0 Å². The molecular formula is C16H14BrN3O. The molecule has 2 heterocycles. The molecule has 4 nitrogen and oxygen atoms in total. The lowest BCUT2D eigenvalue weighted by Crippen LogP contribution is -2.14. The molecule has 106 valence electrons. The summed E-state index contributed by atoms with van der Waals surface area (Å²) in [6, 6.07) is 13.6. The van der Waals surface area contributed by atoms with Crippen LogP contribution in [0.1, 0.15) is 6.42 Å². The fourth-order valence-electron chi connectivity index (χ4n) is 2.24. The third kappa shape index (κ3) is 3.13. The lowest BCUT2D eigenvalue weighted by Gasteiger charge is -2.07. The number of hydrogen-bond donors (Lipinski definition) is 1. The molecule has 0 aliphatic heterocycles. The molecule has 0 aliphatic rings. The van der Waals surface area contributed by atoms with Crippen LogP contribution in [0.5, 0.6) is 0 Å². The van der Waals surface area contributed by atoms with Crippen LogP contribution >= 0.6 is 15.9 Å². The molecule has 1 aromatic carbocycles. The molecule has 5 heteroatoms. The molecule has 21 heavy (non-hydrogen) atoms. The van der Waals surface area contributed by atoms with E-state index in [1.54, 1.807) is 12.3 Å². The van der Waals surface area contributed by atoms with Crippen LogP contribution in [-0.2, 0) is 11.3 Å². The van der Waals surface area contributed by atoms with Crippen LogP contribution in [0.4, 0.5) is 5.82 Å². The molecule has 1 amide bonds. The average molecular weight is 344 g/mol. The maximum absolute atomic E-state index is 11.9. The highest BCUT2D eigenvalue weighted by Gasteiger charge is 2.07. The van der Waals surface area contributed by atoms with Gasteiger partial charge in [-0.15, -0.1) is 0 Å². The monoisotopic (exact) mass is 343 g/mol. The van der Waals surface area contributed by atoms with Gasteiger partial charge in [-0.3, -0.25) is 4.79 Å². The quantitative estimate of drug-likeness (QED) is 0.782. The highest BCUT2D eigenvalue weighted by molar-refractivity contribution is 9.10. The van der Waals surface area contributed by atoms with Crippen LogP contribution in [0.25, 0.3) is 10.9 Å². The second-order valence-corrected chi connectivity index (χ2v) is 5.55. The Morgan fingerprint density at radius 2 is 2.10 bits per heavy atom. The van der Waals surface area contributed by atoms with Gasteiger partial charge in [0.15, 0.2) is 0 Å². The number of pyridine rings is 1. The van der Waals surface area contributed by atoms with Crippen molar-refractivity contribution in [1.82, 2.24) is 9.55 Å². The number of carbonyl (C=O) groups excluding carboxylic acids is 1. The van der Waals surface area contributed by atoms with Gasteiger partial charge in [0.05, 0.1) is 0 Å². The van der Waals surface area contributed by atoms with E-state index in [0.29, 0.717) is 18.8 Å². The summed E-state index contributed by atoms with van der Waals surface area (Å²) in [4.78, 5) is 16.0. The van der Waals surface area contributed by atoms with Crippen molar-refractivity contribution in [3.05, 3.63) is 59.3 Å². The average Bonchev–Trinajstić information content (AvgIpc) is 2.91. The van der Waals surface area contributed by atoms with Crippen molar-refractivity contribution in [2.45, 2.75) is 13.0 Å². The van der Waals surface area contributed by atoms with Crippen molar-refractivity contribution in [1.29, 1.82) is 0 Å². The minimum atomic E-state index is -0.0365. The minimum Gasteiger partial charge on any atom is -0.347 e. The van der Waals surface area contributed by atoms with Gasteiger partial charge in [-0.25, -0.2) is 4.98 Å². The number of halogens is 1. The van der Waals surface area contributed by atoms with E-state index in [4.69, 9.17) is 0 Å². The van der Waals surface area contributed by atoms with Gasteiger partial charge >= 0.3 is 0 Å². The van der Waals surface area contributed by atoms with Gasteiger partial charge in [-0.1, -0.05) is 28.1 Å². The Labute approximate surface area is 130 Å². The zero-order valence-corrected chi connectivity index (χ0v) is 12.9. The van der Waals surface area contributed by atoms with Gasteiger partial charge in [0.1, 0.15) is 5.82 Å². The second-order valence-electron chi connectivity index (χ2n) is 4.69. The number of benzene rings is 1. The van der Waals surface area contributed by atoms with Gasteiger partial charge in [-0.2, -0.15) is 0 Å². The van der Waals surface area contributed by atoms with Crippen molar-refractivity contribution < 1.29 is 4.79 Å². The normalized spacial score (nSPS) is 10.7. The Hall–Kier alpha value is -2.14. The zero-order valence-electron chi connectivity index (χ0n) is 11.3. The van der Waals surface area contributed by atoms with Crippen LogP contribution in [0.15, 0.2) is 59.3 Å². The molecule has 0 radical (unpaired) electrons. The van der Waals surface area contributed by atoms with Crippen molar-refractivity contribution in [2.75, 3.05) is 5.32 Å². The molecule has 3 aromatic rings. The summed E-state index contributed by atoms with van der Waals surface area (Å²) in [5, 5.41) is 3.95. The minimum absolute atomic E-state index is 0.0365. The zero-order chi connectivity index (χ0) is 14.7. The topological polar surface area (TPSA) is 46.9 Å². The first-order chi connectivity index (χ1) is 10.2. The highest BCUT2D eigenvalue weighted by atomic mass is 79.9. The number of hydrogen-bond acceptors (Lipinski definition) is 2. The second kappa shape index (κ2) is 6.10. The standard InChI is InChI=1S/C16H14BrN3O/c17-13-4-3-5-14-12(13)7-10-20(14)11-8-16(21)19-15-6-1-2-9-18-15/h1-7,9-10H,8,11H2,(H,18,19,21). The Morgan fingerprint density at radius 3 is 2.90 bits per heavy atom. The maximum Gasteiger partial charge on any atom is 0.227 e. The molecule has 2 aromatic heterocycles. The van der Waals surface area contributed by atoms with Crippen molar-refractivity contribution in [3.63, 3.8) is 0 Å². The molecule has 0 atom stereocenters. The summed E-state index contributed by atoms with van der Waals surface area (Å²) in [6.45, 7) is 0.638. The lowest BCUT2D eigenvalue weighted by atomic mass is 10.2. The lowest BCUT2D eigenvalue weighted by molar-refractivity contribution is -0.116. The Kier molecular flexibility index (Phi) is 4.01. The number of nitrogens with one attached hydrogen (secondary N) is 1. The summed E-state index contributed by atoms with van der Waals surface area (Å²) < 4.78 is 3.15. The summed E-state index contributed by atoms with van der Waals surface area (Å²) in [5.41, 5.74) is 1.12. The molecule has 0 fully saturated rings. The Morgan fingerprint density at radius 1 is 1.19 bits per heavy atom. The van der Waals surface area contributed by atoms with Gasteiger partial charge < -0.3 is 9.88 Å². The van der Waals surface area contributed by atoms with Crippen molar-refractivity contribution >= 4 is 38.6 Å². The van der Waals surface area contributed by atoms with Gasteiger partial charge in [0, 0.05) is 40.7 Å². The third-order valence-corrected chi connectivity index (χ3v) is 3.96. The van der Waals surface area contributed by atoms with Crippen LogP contribution in [-0.4, -0.2) is 15.5 Å². The van der Waals surface area contributed by atoms with E-state index in [1.165, 1.54) is 0 Å². The van der Waals surface area contributed by atoms with Gasteiger partial charge in [0.25, 0.3) is 0 Å². The molecule has 0 saturated carbocycles. The Balaban J connectivity index is 1.67. The molecule has 1 N–H and O–H groups in total. The Bertz CT molecular complexity index is 768. The van der Waals surface area contributed by atoms with E-state index in [1.807, 2.05) is 30.5 Å². The highest BCUT2D eigenvalue weighted by Crippen LogP contribution is 2.24. The largest absolute Gasteiger partial charge is 0.347 e. The molecule has 0 unspecified atom stereocenters. The van der Waals surface area contributed by atoms with Crippen molar-refractivity contribution in [3.8, 4) is 0 Å². The summed E-state index contributed by atoms with van der Waals surface area (Å²) in [6.07, 6.45) is 4.07. The number of carbonyl (C=O) groups is 1. The third-order valence-electron chi connectivity index (χ3n) is 3.27. The van der Waals surface area contributed by atoms with Crippen LogP contribution in [0.2, 0.25) is 0 Å². The first-order valence-electron chi connectivity index (χ1n) is 6.68. The van der Waals surface area contributed by atoms with E-state index < -0.39 is 0 Å². The number of fused-ring (bicyclic) bond motifs is 1. The molecule has 0 bridgehead atoms. The molecule has 0 spiro atoms. The molecular weight excluding hydrogens is 330 g/mol. The smallest absolute Gasteiger partial charge is 0.227 e. The number of anilines is 1. The predicted octanol–water partition coefficient (Wildman–Crippen LogP) is 3.83. The van der Waals surface area contributed by atoms with E-state index >= 15 is 0 Å². The number of amides is 1. The van der Waals surface area contributed by atoms with Crippen LogP contribution in [0.3, 0.4) is 0 Å². The molecule has 0 aliphatic carbocycles. The van der Waals surface area contributed by atoms with Crippen LogP contribution < -0.4 is 5.32 Å². The number of nitrogens with zero attached hydrogens (tertiary/aromatic N) is 2. The number of aromatic nitrogens is 2. The van der Waals surface area contributed by atoms with Gasteiger partial charge in [-0.05, 0) is 30.3 Å². The fraction of sp³-hybridized carbons (Fsp3) is 0.125. The predicted molar refractivity (Wildman–Crippen MR) is 87.1 cm³/mol. The van der Waals surface area contributed by atoms with Crippen molar-refractivity contribution in [2.24, 2.45) is 0 Å². The fourth-order valence-corrected chi connectivity index (χ4v) is 2.73. The van der Waals surface area contributed by atoms with Gasteiger partial charge in [0.2, 0.25) is 5.91 Å². The summed E-state index contributed by atoms with van der Waals surface area (Å²) in [7, 11) is 0. The van der Waals surface area contributed by atoms with E-state index in [-0.39, 0.29) is 5.91 Å². The summed E-state index contributed by atoms with van der Waals surface area (Å²) >= 11 is 3.53. The van der Waals surface area contributed by atoms with E-state index in [0.717, 1.165) is 15.4 Å². The first-order valence-corrected chi connectivity index (χ1v) is 7.47.